The lowest BCUT2D eigenvalue weighted by Gasteiger charge is -2.38. The number of piperidine rings is 1. The number of hydrogen-bond acceptors (Lipinski definition) is 4. The number of carbonyl (C=O) groups is 1. The first-order valence-corrected chi connectivity index (χ1v) is 11.7. The summed E-state index contributed by atoms with van der Waals surface area (Å²) in [6.07, 6.45) is 0.994. The highest BCUT2D eigenvalue weighted by molar-refractivity contribution is 7.88. The Kier molecular flexibility index (Phi) is 6.96. The third kappa shape index (κ3) is 4.84. The van der Waals surface area contributed by atoms with Gasteiger partial charge in [-0.25, -0.2) is 17.1 Å². The van der Waals surface area contributed by atoms with Crippen LogP contribution in [0.3, 0.4) is 0 Å². The molecule has 0 aromatic heterocycles. The largest absolute Gasteiger partial charge is 0.340 e. The van der Waals surface area contributed by atoms with E-state index in [2.05, 4.69) is 11.8 Å². The SMILES string of the molecule is CCN1CCN(C(=O)C2CCN(S(=O)(=O)Cc3c(F)cccc3Cl)CC2)CC1. The smallest absolute Gasteiger partial charge is 0.225 e. The molecule has 2 heterocycles. The van der Waals surface area contributed by atoms with Crippen molar-refractivity contribution in [3.63, 3.8) is 0 Å². The van der Waals surface area contributed by atoms with Gasteiger partial charge in [-0.3, -0.25) is 4.79 Å². The van der Waals surface area contributed by atoms with Crippen molar-refractivity contribution < 1.29 is 17.6 Å². The molecule has 28 heavy (non-hydrogen) atoms. The number of hydrogen-bond donors (Lipinski definition) is 0. The fraction of sp³-hybridized carbons (Fsp3) is 0.632. The Morgan fingerprint density at radius 2 is 1.79 bits per heavy atom. The number of carbonyl (C=O) groups excluding carboxylic acids is 1. The maximum Gasteiger partial charge on any atom is 0.225 e. The number of halogens is 2. The summed E-state index contributed by atoms with van der Waals surface area (Å²) < 4.78 is 40.7. The van der Waals surface area contributed by atoms with Crippen molar-refractivity contribution in [3.05, 3.63) is 34.6 Å². The molecule has 9 heteroatoms. The Bertz CT molecular complexity index is 784. The Balaban J connectivity index is 1.56. The number of rotatable bonds is 5. The van der Waals surface area contributed by atoms with Gasteiger partial charge in [0.25, 0.3) is 0 Å². The molecule has 2 aliphatic rings. The average Bonchev–Trinajstić information content (AvgIpc) is 2.70. The summed E-state index contributed by atoms with van der Waals surface area (Å²) in [5.74, 6) is -1.09. The van der Waals surface area contributed by atoms with Crippen molar-refractivity contribution in [3.8, 4) is 0 Å². The zero-order chi connectivity index (χ0) is 20.3. The van der Waals surface area contributed by atoms with Crippen LogP contribution >= 0.6 is 11.6 Å². The van der Waals surface area contributed by atoms with E-state index in [9.17, 15) is 17.6 Å². The molecule has 0 aliphatic carbocycles. The second kappa shape index (κ2) is 9.07. The lowest BCUT2D eigenvalue weighted by atomic mass is 9.96. The van der Waals surface area contributed by atoms with Crippen LogP contribution in [-0.2, 0) is 20.6 Å². The van der Waals surface area contributed by atoms with Gasteiger partial charge in [0.1, 0.15) is 5.82 Å². The van der Waals surface area contributed by atoms with E-state index in [1.165, 1.54) is 22.5 Å². The topological polar surface area (TPSA) is 60.9 Å². The summed E-state index contributed by atoms with van der Waals surface area (Å²) in [4.78, 5) is 17.0. The molecule has 1 aromatic carbocycles. The van der Waals surface area contributed by atoms with Gasteiger partial charge in [0.15, 0.2) is 0 Å². The van der Waals surface area contributed by atoms with Gasteiger partial charge in [0, 0.05) is 55.8 Å². The van der Waals surface area contributed by atoms with E-state index in [1.54, 1.807) is 0 Å². The zero-order valence-electron chi connectivity index (χ0n) is 16.1. The Hall–Kier alpha value is -1.22. The molecule has 0 spiro atoms. The number of piperazine rings is 1. The number of likely N-dealkylation sites (N-methyl/N-ethyl adjacent to an activating group) is 1. The first-order valence-electron chi connectivity index (χ1n) is 9.73. The molecule has 156 valence electrons. The van der Waals surface area contributed by atoms with Gasteiger partial charge in [-0.2, -0.15) is 0 Å². The third-order valence-electron chi connectivity index (χ3n) is 5.72. The maximum atomic E-state index is 14.0. The van der Waals surface area contributed by atoms with Crippen LogP contribution in [0.4, 0.5) is 4.39 Å². The van der Waals surface area contributed by atoms with E-state index in [0.29, 0.717) is 12.8 Å². The number of amides is 1. The van der Waals surface area contributed by atoms with Crippen LogP contribution in [0.5, 0.6) is 0 Å². The Labute approximate surface area is 171 Å². The predicted octanol–water partition coefficient (Wildman–Crippen LogP) is 2.18. The highest BCUT2D eigenvalue weighted by atomic mass is 35.5. The lowest BCUT2D eigenvalue weighted by Crippen LogP contribution is -2.51. The fourth-order valence-corrected chi connectivity index (χ4v) is 5.78. The molecule has 0 atom stereocenters. The van der Waals surface area contributed by atoms with Crippen LogP contribution in [0.2, 0.25) is 5.02 Å². The van der Waals surface area contributed by atoms with Crippen LogP contribution in [0.25, 0.3) is 0 Å². The van der Waals surface area contributed by atoms with E-state index in [1.807, 2.05) is 4.90 Å². The zero-order valence-corrected chi connectivity index (χ0v) is 17.7. The second-order valence-electron chi connectivity index (χ2n) is 7.39. The van der Waals surface area contributed by atoms with Crippen molar-refractivity contribution in [2.75, 3.05) is 45.8 Å². The lowest BCUT2D eigenvalue weighted by molar-refractivity contribution is -0.138. The second-order valence-corrected chi connectivity index (χ2v) is 9.77. The van der Waals surface area contributed by atoms with Crippen molar-refractivity contribution in [2.24, 2.45) is 5.92 Å². The highest BCUT2D eigenvalue weighted by Gasteiger charge is 2.34. The van der Waals surface area contributed by atoms with Crippen molar-refractivity contribution in [1.82, 2.24) is 14.1 Å². The molecule has 0 radical (unpaired) electrons. The van der Waals surface area contributed by atoms with Gasteiger partial charge >= 0.3 is 0 Å². The van der Waals surface area contributed by atoms with Crippen molar-refractivity contribution in [1.29, 1.82) is 0 Å². The van der Waals surface area contributed by atoms with Gasteiger partial charge in [-0.05, 0) is 31.5 Å². The van der Waals surface area contributed by atoms with E-state index >= 15 is 0 Å². The number of sulfonamides is 1. The van der Waals surface area contributed by atoms with Crippen molar-refractivity contribution in [2.45, 2.75) is 25.5 Å². The Morgan fingerprint density at radius 3 is 2.36 bits per heavy atom. The highest BCUT2D eigenvalue weighted by Crippen LogP contribution is 2.27. The van der Waals surface area contributed by atoms with Gasteiger partial charge < -0.3 is 9.80 Å². The molecule has 1 amide bonds. The third-order valence-corrected chi connectivity index (χ3v) is 7.88. The molecule has 0 unspecified atom stereocenters. The van der Waals surface area contributed by atoms with E-state index in [0.717, 1.165) is 32.7 Å². The quantitative estimate of drug-likeness (QED) is 0.717. The number of nitrogens with zero attached hydrogens (tertiary/aromatic N) is 3. The molecule has 2 saturated heterocycles. The summed E-state index contributed by atoms with van der Waals surface area (Å²) in [5, 5.41) is 0.111. The Morgan fingerprint density at radius 1 is 1.14 bits per heavy atom. The minimum Gasteiger partial charge on any atom is -0.340 e. The van der Waals surface area contributed by atoms with Crippen LogP contribution in [0.15, 0.2) is 18.2 Å². The first kappa shape index (κ1) is 21.5. The maximum absolute atomic E-state index is 14.0. The molecule has 0 saturated carbocycles. The van der Waals surface area contributed by atoms with Crippen LogP contribution in [0, 0.1) is 11.7 Å². The first-order chi connectivity index (χ1) is 13.3. The predicted molar refractivity (Wildman–Crippen MR) is 107 cm³/mol. The molecule has 1 aromatic rings. The molecular weight excluding hydrogens is 405 g/mol. The fourth-order valence-electron chi connectivity index (χ4n) is 3.87. The summed E-state index contributed by atoms with van der Waals surface area (Å²) in [6, 6.07) is 4.14. The van der Waals surface area contributed by atoms with Crippen LogP contribution < -0.4 is 0 Å². The molecule has 0 N–H and O–H groups in total. The van der Waals surface area contributed by atoms with Crippen molar-refractivity contribution >= 4 is 27.5 Å². The molecule has 0 bridgehead atoms. The summed E-state index contributed by atoms with van der Waals surface area (Å²) in [6.45, 7) is 6.90. The van der Waals surface area contributed by atoms with Crippen LogP contribution in [0.1, 0.15) is 25.3 Å². The summed E-state index contributed by atoms with van der Waals surface area (Å²) in [5.41, 5.74) is -0.00355. The normalized spacial score (nSPS) is 20.5. The summed E-state index contributed by atoms with van der Waals surface area (Å²) >= 11 is 5.97. The van der Waals surface area contributed by atoms with Gasteiger partial charge in [-0.15, -0.1) is 0 Å². The molecular formula is C19H27ClFN3O3S. The molecule has 3 rings (SSSR count). The van der Waals surface area contributed by atoms with E-state index < -0.39 is 21.6 Å². The number of benzene rings is 1. The molecule has 2 fully saturated rings. The van der Waals surface area contributed by atoms with Gasteiger partial charge in [0.2, 0.25) is 15.9 Å². The average molecular weight is 432 g/mol. The van der Waals surface area contributed by atoms with Crippen LogP contribution in [-0.4, -0.2) is 74.2 Å². The standard InChI is InChI=1S/C19H27ClFN3O3S/c1-2-22-10-12-23(13-11-22)19(25)15-6-8-24(9-7-15)28(26,27)14-16-17(20)4-3-5-18(16)21/h3-5,15H,2,6-14H2,1H3. The summed E-state index contributed by atoms with van der Waals surface area (Å²) in [7, 11) is -3.69. The molecule has 2 aliphatic heterocycles. The van der Waals surface area contributed by atoms with Gasteiger partial charge in [-0.1, -0.05) is 24.6 Å². The van der Waals surface area contributed by atoms with E-state index in [-0.39, 0.29) is 35.5 Å². The monoisotopic (exact) mass is 431 g/mol. The minimum atomic E-state index is -3.69. The minimum absolute atomic E-state index is 0.00355. The van der Waals surface area contributed by atoms with E-state index in [4.69, 9.17) is 11.6 Å². The molecule has 6 nitrogen and oxygen atoms in total. The van der Waals surface area contributed by atoms with Gasteiger partial charge in [0.05, 0.1) is 5.75 Å².